The summed E-state index contributed by atoms with van der Waals surface area (Å²) in [7, 11) is 1.58. The number of urea groups is 1. The van der Waals surface area contributed by atoms with Gasteiger partial charge in [0.1, 0.15) is 23.0 Å². The lowest BCUT2D eigenvalue weighted by molar-refractivity contribution is 0.262. The van der Waals surface area contributed by atoms with E-state index in [1.807, 2.05) is 17.8 Å². The van der Waals surface area contributed by atoms with Gasteiger partial charge in [0.15, 0.2) is 5.82 Å². The normalized spacial score (nSPS) is 13.7. The summed E-state index contributed by atoms with van der Waals surface area (Å²) in [5.74, 6) is 5.50. The monoisotopic (exact) mass is 607 g/mol. The number of methoxy groups -OCH3 is 1. The Morgan fingerprint density at radius 2 is 1.95 bits per heavy atom. The first-order valence-corrected chi connectivity index (χ1v) is 14.6. The highest BCUT2D eigenvalue weighted by molar-refractivity contribution is 7.99. The number of aromatic nitrogens is 4. The molecule has 0 aliphatic carbocycles. The Morgan fingerprint density at radius 1 is 1.10 bits per heavy atom. The highest BCUT2D eigenvalue weighted by Gasteiger charge is 2.20. The summed E-state index contributed by atoms with van der Waals surface area (Å²) in [5, 5.41) is 18.6. The zero-order valence-electron chi connectivity index (χ0n) is 22.7. The van der Waals surface area contributed by atoms with Gasteiger partial charge in [-0.3, -0.25) is 15.2 Å². The van der Waals surface area contributed by atoms with Gasteiger partial charge in [-0.1, -0.05) is 16.8 Å². The summed E-state index contributed by atoms with van der Waals surface area (Å²) in [6.45, 7) is 4.31. The number of fused-ring (bicyclic) bond motifs is 1. The highest BCUT2D eigenvalue weighted by atomic mass is 35.5. The second kappa shape index (κ2) is 12.3. The Hall–Kier alpha value is -4.33. The number of pyridine rings is 1. The molecule has 2 aromatic carbocycles. The first-order valence-electron chi connectivity index (χ1n) is 13.0. The van der Waals surface area contributed by atoms with Crippen molar-refractivity contribution < 1.29 is 23.2 Å². The van der Waals surface area contributed by atoms with Gasteiger partial charge in [0.05, 0.1) is 35.4 Å². The fourth-order valence-electron chi connectivity index (χ4n) is 4.43. The fraction of sp³-hybridized carbons (Fsp3) is 0.250. The number of anilines is 2. The number of nitrogens with zero attached hydrogens (tertiary/aromatic N) is 5. The van der Waals surface area contributed by atoms with Crippen LogP contribution in [0.4, 0.5) is 16.3 Å². The number of rotatable bonds is 8. The lowest BCUT2D eigenvalue weighted by Gasteiger charge is -2.24. The van der Waals surface area contributed by atoms with Crippen LogP contribution in [0.25, 0.3) is 22.4 Å². The smallest absolute Gasteiger partial charge is 0.324 e. The number of aryl methyl sites for hydroxylation is 1. The zero-order valence-corrected chi connectivity index (χ0v) is 24.3. The van der Waals surface area contributed by atoms with Crippen molar-refractivity contribution in [2.45, 2.75) is 13.5 Å². The van der Waals surface area contributed by atoms with Crippen molar-refractivity contribution in [3.8, 4) is 28.7 Å². The van der Waals surface area contributed by atoms with E-state index in [2.05, 4.69) is 35.9 Å². The van der Waals surface area contributed by atoms with Gasteiger partial charge < -0.3 is 23.7 Å². The molecular weight excluding hydrogens is 582 g/mol. The van der Waals surface area contributed by atoms with E-state index in [4.69, 9.17) is 30.0 Å². The molecule has 3 aromatic heterocycles. The van der Waals surface area contributed by atoms with Crippen LogP contribution < -0.4 is 20.1 Å². The van der Waals surface area contributed by atoms with E-state index in [0.717, 1.165) is 24.6 Å². The molecule has 42 heavy (non-hydrogen) atoms. The zero-order chi connectivity index (χ0) is 29.1. The van der Waals surface area contributed by atoms with E-state index in [1.165, 1.54) is 0 Å². The first kappa shape index (κ1) is 27.8. The van der Waals surface area contributed by atoms with E-state index >= 15 is 0 Å². The van der Waals surface area contributed by atoms with Crippen LogP contribution in [0.5, 0.6) is 17.2 Å². The molecule has 4 heterocycles. The molecule has 0 radical (unpaired) electrons. The first-order chi connectivity index (χ1) is 20.4. The van der Waals surface area contributed by atoms with Gasteiger partial charge in [0, 0.05) is 54.4 Å². The summed E-state index contributed by atoms with van der Waals surface area (Å²) in [6, 6.07) is 11.4. The lowest BCUT2D eigenvalue weighted by Crippen LogP contribution is -2.32. The predicted molar refractivity (Wildman–Crippen MR) is 160 cm³/mol. The molecule has 0 atom stereocenters. The van der Waals surface area contributed by atoms with Crippen LogP contribution in [0.3, 0.4) is 0 Å². The van der Waals surface area contributed by atoms with Crippen molar-refractivity contribution in [1.29, 1.82) is 0 Å². The van der Waals surface area contributed by atoms with Crippen LogP contribution >= 0.6 is 23.4 Å². The maximum atomic E-state index is 12.3. The third-order valence-electron chi connectivity index (χ3n) is 6.47. The molecule has 12 nitrogen and oxygen atoms in total. The van der Waals surface area contributed by atoms with E-state index in [9.17, 15) is 4.79 Å². The molecule has 14 heteroatoms. The van der Waals surface area contributed by atoms with Gasteiger partial charge >= 0.3 is 6.03 Å². The molecule has 216 valence electrons. The molecule has 1 fully saturated rings. The van der Waals surface area contributed by atoms with Crippen LogP contribution in [-0.2, 0) is 6.54 Å². The Balaban J connectivity index is 1.22. The molecule has 0 spiro atoms. The molecule has 0 saturated carbocycles. The second-order valence-corrected chi connectivity index (χ2v) is 11.0. The Bertz CT molecular complexity index is 1740. The third-order valence-corrected chi connectivity index (χ3v) is 7.72. The highest BCUT2D eigenvalue weighted by Crippen LogP contribution is 2.38. The average molecular weight is 608 g/mol. The summed E-state index contributed by atoms with van der Waals surface area (Å²) in [6.07, 6.45) is 1.64. The summed E-state index contributed by atoms with van der Waals surface area (Å²) in [5.41, 5.74) is 1.67. The SMILES string of the molecule is COc1cc2nccc(Oc3ccc(NC(=O)Nc4cc(C)on4)c(Cl)c3)c2cc1-c1nnc(CN2CCSCC2)o1. The van der Waals surface area contributed by atoms with Crippen LogP contribution in [0, 0.1) is 6.92 Å². The minimum absolute atomic E-state index is 0.283. The van der Waals surface area contributed by atoms with Gasteiger partial charge in [-0.2, -0.15) is 11.8 Å². The van der Waals surface area contributed by atoms with Gasteiger partial charge in [-0.25, -0.2) is 4.79 Å². The molecule has 6 rings (SSSR count). The van der Waals surface area contributed by atoms with Gasteiger partial charge in [-0.05, 0) is 31.2 Å². The van der Waals surface area contributed by atoms with E-state index in [1.54, 1.807) is 56.6 Å². The number of halogens is 1. The number of thioether (sulfide) groups is 1. The maximum absolute atomic E-state index is 12.3. The lowest BCUT2D eigenvalue weighted by atomic mass is 10.1. The standard InChI is InChI=1S/C28H26ClN7O5S/c1-16-11-25(35-41-16)32-28(37)31-21-4-3-17(12-20(21)29)39-23-5-6-30-22-14-24(38-2)19(13-18(22)23)27-34-33-26(40-27)15-36-7-9-42-10-8-36/h3-6,11-14H,7-10,15H2,1-2H3,(H2,31,32,35,37). The number of benzene rings is 2. The predicted octanol–water partition coefficient (Wildman–Crippen LogP) is 6.23. The number of carbonyl (C=O) groups is 1. The van der Waals surface area contributed by atoms with Crippen molar-refractivity contribution in [3.05, 3.63) is 65.3 Å². The van der Waals surface area contributed by atoms with Crippen LogP contribution in [0.15, 0.2) is 57.6 Å². The van der Waals surface area contributed by atoms with Gasteiger partial charge in [0.2, 0.25) is 5.89 Å². The second-order valence-electron chi connectivity index (χ2n) is 9.41. The number of carbonyl (C=O) groups excluding carboxylic acids is 1. The van der Waals surface area contributed by atoms with Crippen molar-refractivity contribution in [2.24, 2.45) is 0 Å². The topological polar surface area (TPSA) is 141 Å². The van der Waals surface area contributed by atoms with E-state index < -0.39 is 6.03 Å². The minimum atomic E-state index is -0.514. The molecule has 0 bridgehead atoms. The Kier molecular flexibility index (Phi) is 8.13. The molecule has 5 aromatic rings. The van der Waals surface area contributed by atoms with Crippen molar-refractivity contribution in [1.82, 2.24) is 25.2 Å². The van der Waals surface area contributed by atoms with Gasteiger partial charge in [0.25, 0.3) is 5.89 Å². The number of ether oxygens (including phenoxy) is 2. The van der Waals surface area contributed by atoms with E-state index in [0.29, 0.717) is 69.3 Å². The number of amides is 2. The Labute approximate surface area is 249 Å². The molecule has 1 aliphatic rings. The number of nitrogens with one attached hydrogen (secondary N) is 2. The van der Waals surface area contributed by atoms with Crippen LogP contribution in [0.2, 0.25) is 5.02 Å². The quantitative estimate of drug-likeness (QED) is 0.207. The largest absolute Gasteiger partial charge is 0.496 e. The number of hydrogen-bond donors (Lipinski definition) is 2. The fourth-order valence-corrected chi connectivity index (χ4v) is 5.63. The van der Waals surface area contributed by atoms with Gasteiger partial charge in [-0.15, -0.1) is 10.2 Å². The van der Waals surface area contributed by atoms with Crippen LogP contribution in [0.1, 0.15) is 11.7 Å². The molecule has 1 saturated heterocycles. The summed E-state index contributed by atoms with van der Waals surface area (Å²) >= 11 is 8.41. The number of hydrogen-bond acceptors (Lipinski definition) is 11. The molecule has 1 aliphatic heterocycles. The maximum Gasteiger partial charge on any atom is 0.324 e. The third kappa shape index (κ3) is 6.27. The summed E-state index contributed by atoms with van der Waals surface area (Å²) < 4.78 is 22.8. The van der Waals surface area contributed by atoms with Crippen molar-refractivity contribution in [2.75, 3.05) is 42.3 Å². The van der Waals surface area contributed by atoms with E-state index in [-0.39, 0.29) is 5.02 Å². The molecule has 0 unspecified atom stereocenters. The molecular formula is C28H26ClN7O5S. The molecule has 2 amide bonds. The van der Waals surface area contributed by atoms with Crippen LogP contribution in [-0.4, -0.2) is 63.0 Å². The average Bonchev–Trinajstić information content (AvgIpc) is 3.63. The Morgan fingerprint density at radius 3 is 2.71 bits per heavy atom. The molecule has 2 N–H and O–H groups in total. The van der Waals surface area contributed by atoms with Crippen molar-refractivity contribution >= 4 is 51.8 Å². The van der Waals surface area contributed by atoms with Crippen molar-refractivity contribution in [3.63, 3.8) is 0 Å². The minimum Gasteiger partial charge on any atom is -0.496 e. The summed E-state index contributed by atoms with van der Waals surface area (Å²) in [4.78, 5) is 19.1.